The highest BCUT2D eigenvalue weighted by molar-refractivity contribution is 5.75. The van der Waals surface area contributed by atoms with Gasteiger partial charge in [-0.2, -0.15) is 0 Å². The van der Waals surface area contributed by atoms with Gasteiger partial charge in [0.15, 0.2) is 0 Å². The first-order valence-corrected chi connectivity index (χ1v) is 8.37. The number of hydrogen-bond acceptors (Lipinski definition) is 4. The van der Waals surface area contributed by atoms with E-state index in [-0.39, 0.29) is 0 Å². The standard InChI is InChI=1S/C18H25NO4/c1-22-16-4-2-3-14(11-16)17(18(20)21)19-8-5-15(12-19)13-6-9-23-10-7-13/h2-4,11,13,15,17H,5-10,12H2,1H3,(H,20,21). The fourth-order valence-corrected chi connectivity index (χ4v) is 3.94. The number of likely N-dealkylation sites (tertiary alicyclic amines) is 1. The number of benzene rings is 1. The number of ether oxygens (including phenoxy) is 2. The maximum absolute atomic E-state index is 11.9. The summed E-state index contributed by atoms with van der Waals surface area (Å²) in [7, 11) is 1.60. The minimum absolute atomic E-state index is 0.588. The van der Waals surface area contributed by atoms with E-state index in [0.29, 0.717) is 17.6 Å². The van der Waals surface area contributed by atoms with E-state index in [0.717, 1.165) is 51.1 Å². The van der Waals surface area contributed by atoms with Crippen LogP contribution in [0.3, 0.4) is 0 Å². The van der Waals surface area contributed by atoms with E-state index in [1.807, 2.05) is 24.3 Å². The van der Waals surface area contributed by atoms with Gasteiger partial charge in [-0.05, 0) is 55.3 Å². The van der Waals surface area contributed by atoms with Crippen molar-refractivity contribution >= 4 is 5.97 Å². The van der Waals surface area contributed by atoms with Crippen LogP contribution >= 0.6 is 0 Å². The molecule has 126 valence electrons. The normalized spacial score (nSPS) is 24.5. The molecule has 23 heavy (non-hydrogen) atoms. The van der Waals surface area contributed by atoms with Gasteiger partial charge in [-0.15, -0.1) is 0 Å². The van der Waals surface area contributed by atoms with E-state index < -0.39 is 12.0 Å². The Hall–Kier alpha value is -1.59. The molecule has 2 aliphatic rings. The van der Waals surface area contributed by atoms with E-state index >= 15 is 0 Å². The van der Waals surface area contributed by atoms with Crippen molar-refractivity contribution in [3.8, 4) is 5.75 Å². The van der Waals surface area contributed by atoms with Gasteiger partial charge in [-0.25, -0.2) is 0 Å². The van der Waals surface area contributed by atoms with Gasteiger partial charge in [0.2, 0.25) is 0 Å². The zero-order chi connectivity index (χ0) is 16.2. The van der Waals surface area contributed by atoms with Gasteiger partial charge in [-0.1, -0.05) is 12.1 Å². The number of hydrogen-bond donors (Lipinski definition) is 1. The zero-order valence-electron chi connectivity index (χ0n) is 13.6. The molecule has 2 atom stereocenters. The second-order valence-corrected chi connectivity index (χ2v) is 6.51. The van der Waals surface area contributed by atoms with Crippen LogP contribution in [-0.2, 0) is 9.53 Å². The molecule has 1 aromatic rings. The first-order valence-electron chi connectivity index (χ1n) is 8.37. The second-order valence-electron chi connectivity index (χ2n) is 6.51. The molecule has 0 saturated carbocycles. The van der Waals surface area contributed by atoms with Crippen LogP contribution in [0.2, 0.25) is 0 Å². The lowest BCUT2D eigenvalue weighted by Gasteiger charge is -2.29. The van der Waals surface area contributed by atoms with Crippen molar-refractivity contribution in [3.63, 3.8) is 0 Å². The Morgan fingerprint density at radius 3 is 2.78 bits per heavy atom. The maximum atomic E-state index is 11.9. The highest BCUT2D eigenvalue weighted by Crippen LogP contribution is 2.35. The molecule has 0 amide bonds. The van der Waals surface area contributed by atoms with E-state index in [1.54, 1.807) is 7.11 Å². The molecule has 2 fully saturated rings. The van der Waals surface area contributed by atoms with Crippen molar-refractivity contribution in [2.75, 3.05) is 33.4 Å². The SMILES string of the molecule is COc1cccc(C(C(=O)O)N2CCC(C3CCOCC3)C2)c1. The number of aliphatic carboxylic acids is 1. The zero-order valence-corrected chi connectivity index (χ0v) is 13.6. The van der Waals surface area contributed by atoms with Crippen molar-refractivity contribution < 1.29 is 19.4 Å². The molecule has 0 radical (unpaired) electrons. The number of carboxylic acid groups (broad SMARTS) is 1. The summed E-state index contributed by atoms with van der Waals surface area (Å²) >= 11 is 0. The Labute approximate surface area is 137 Å². The van der Waals surface area contributed by atoms with Gasteiger partial charge in [0.05, 0.1) is 7.11 Å². The number of carboxylic acids is 1. The lowest BCUT2D eigenvalue weighted by atomic mass is 9.85. The van der Waals surface area contributed by atoms with Gasteiger partial charge in [0.25, 0.3) is 0 Å². The van der Waals surface area contributed by atoms with Crippen molar-refractivity contribution in [1.29, 1.82) is 0 Å². The lowest BCUT2D eigenvalue weighted by Crippen LogP contribution is -2.33. The first-order chi connectivity index (χ1) is 11.2. The molecule has 0 bridgehead atoms. The third kappa shape index (κ3) is 3.67. The van der Waals surface area contributed by atoms with E-state index in [1.165, 1.54) is 0 Å². The van der Waals surface area contributed by atoms with Crippen LogP contribution in [0.15, 0.2) is 24.3 Å². The van der Waals surface area contributed by atoms with Crippen molar-refractivity contribution in [2.24, 2.45) is 11.8 Å². The molecular formula is C18H25NO4. The minimum Gasteiger partial charge on any atom is -0.497 e. The van der Waals surface area contributed by atoms with E-state index in [4.69, 9.17) is 9.47 Å². The van der Waals surface area contributed by atoms with Crippen molar-refractivity contribution in [3.05, 3.63) is 29.8 Å². The molecule has 0 spiro atoms. The van der Waals surface area contributed by atoms with Crippen LogP contribution in [0, 0.1) is 11.8 Å². The Bertz CT molecular complexity index is 542. The van der Waals surface area contributed by atoms with Crippen molar-refractivity contribution in [1.82, 2.24) is 4.90 Å². The van der Waals surface area contributed by atoms with Gasteiger partial charge in [0.1, 0.15) is 11.8 Å². The molecule has 2 unspecified atom stereocenters. The number of nitrogens with zero attached hydrogens (tertiary/aromatic N) is 1. The molecule has 2 heterocycles. The number of rotatable bonds is 5. The fourth-order valence-electron chi connectivity index (χ4n) is 3.94. The first kappa shape index (κ1) is 16.3. The van der Waals surface area contributed by atoms with Crippen LogP contribution < -0.4 is 4.74 Å². The Morgan fingerprint density at radius 2 is 2.09 bits per heavy atom. The third-order valence-electron chi connectivity index (χ3n) is 5.20. The molecule has 2 aliphatic heterocycles. The molecule has 5 nitrogen and oxygen atoms in total. The summed E-state index contributed by atoms with van der Waals surface area (Å²) in [5, 5.41) is 9.74. The fraction of sp³-hybridized carbons (Fsp3) is 0.611. The van der Waals surface area contributed by atoms with Crippen LogP contribution in [0.5, 0.6) is 5.75 Å². The summed E-state index contributed by atoms with van der Waals surface area (Å²) in [4.78, 5) is 14.0. The molecular weight excluding hydrogens is 294 g/mol. The summed E-state index contributed by atoms with van der Waals surface area (Å²) in [5.74, 6) is 1.18. The third-order valence-corrected chi connectivity index (χ3v) is 5.20. The highest BCUT2D eigenvalue weighted by Gasteiger charge is 2.37. The summed E-state index contributed by atoms with van der Waals surface area (Å²) in [6, 6.07) is 6.83. The Kier molecular flexibility index (Phi) is 5.18. The summed E-state index contributed by atoms with van der Waals surface area (Å²) in [6.07, 6.45) is 3.29. The average molecular weight is 319 g/mol. The molecule has 1 N–H and O–H groups in total. The monoisotopic (exact) mass is 319 g/mol. The average Bonchev–Trinajstić information content (AvgIpc) is 3.05. The molecule has 0 aliphatic carbocycles. The van der Waals surface area contributed by atoms with Crippen LogP contribution in [0.4, 0.5) is 0 Å². The minimum atomic E-state index is -0.786. The maximum Gasteiger partial charge on any atom is 0.325 e. The highest BCUT2D eigenvalue weighted by atomic mass is 16.5. The smallest absolute Gasteiger partial charge is 0.325 e. The Balaban J connectivity index is 1.73. The van der Waals surface area contributed by atoms with E-state index in [2.05, 4.69) is 4.90 Å². The number of carbonyl (C=O) groups is 1. The predicted octanol–water partition coefficient (Wildman–Crippen LogP) is 2.57. The summed E-state index contributed by atoms with van der Waals surface area (Å²) in [6.45, 7) is 3.40. The summed E-state index contributed by atoms with van der Waals surface area (Å²) in [5.41, 5.74) is 0.796. The lowest BCUT2D eigenvalue weighted by molar-refractivity contribution is -0.143. The summed E-state index contributed by atoms with van der Waals surface area (Å²) < 4.78 is 10.7. The van der Waals surface area contributed by atoms with Gasteiger partial charge in [-0.3, -0.25) is 9.69 Å². The topological polar surface area (TPSA) is 59.0 Å². The molecule has 3 rings (SSSR count). The Morgan fingerprint density at radius 1 is 1.30 bits per heavy atom. The second kappa shape index (κ2) is 7.32. The quantitative estimate of drug-likeness (QED) is 0.904. The van der Waals surface area contributed by atoms with Gasteiger partial charge in [0, 0.05) is 19.8 Å². The molecule has 2 saturated heterocycles. The van der Waals surface area contributed by atoms with Crippen LogP contribution in [0.1, 0.15) is 30.9 Å². The van der Waals surface area contributed by atoms with E-state index in [9.17, 15) is 9.90 Å². The molecule has 5 heteroatoms. The molecule has 1 aromatic carbocycles. The van der Waals surface area contributed by atoms with Crippen molar-refractivity contribution in [2.45, 2.75) is 25.3 Å². The van der Waals surface area contributed by atoms with Gasteiger partial charge < -0.3 is 14.6 Å². The number of methoxy groups -OCH3 is 1. The van der Waals surface area contributed by atoms with Crippen LogP contribution in [-0.4, -0.2) is 49.4 Å². The predicted molar refractivity (Wildman–Crippen MR) is 86.6 cm³/mol. The largest absolute Gasteiger partial charge is 0.497 e. The van der Waals surface area contributed by atoms with Gasteiger partial charge >= 0.3 is 5.97 Å². The molecule has 0 aromatic heterocycles. The van der Waals surface area contributed by atoms with Crippen LogP contribution in [0.25, 0.3) is 0 Å².